The topological polar surface area (TPSA) is 159 Å². The molecule has 0 amide bonds. The van der Waals surface area contributed by atoms with Gasteiger partial charge in [-0.05, 0) is 19.1 Å². The van der Waals surface area contributed by atoms with Crippen molar-refractivity contribution < 1.29 is 32.5 Å². The van der Waals surface area contributed by atoms with E-state index in [-0.39, 0.29) is 18.0 Å². The largest absolute Gasteiger partial charge is 0.495 e. The van der Waals surface area contributed by atoms with Gasteiger partial charge in [-0.15, -0.1) is 0 Å². The summed E-state index contributed by atoms with van der Waals surface area (Å²) in [5.74, 6) is -1.07. The van der Waals surface area contributed by atoms with Crippen LogP contribution in [0.5, 0.6) is 5.75 Å². The summed E-state index contributed by atoms with van der Waals surface area (Å²) < 4.78 is 37.1. The van der Waals surface area contributed by atoms with Gasteiger partial charge in [0.25, 0.3) is 21.4 Å². The second-order valence-electron chi connectivity index (χ2n) is 5.65. The Kier molecular flexibility index (Phi) is 6.89. The van der Waals surface area contributed by atoms with Crippen molar-refractivity contribution in [3.8, 4) is 5.75 Å². The number of carbonyl (C=O) groups is 1. The zero-order valence-electron chi connectivity index (χ0n) is 15.9. The lowest BCUT2D eigenvalue weighted by Gasteiger charge is -2.24. The predicted molar refractivity (Wildman–Crippen MR) is 104 cm³/mol. The normalized spacial score (nSPS) is 10.9. The molecule has 160 valence electrons. The summed E-state index contributed by atoms with van der Waals surface area (Å²) in [6, 6.07) is 7.66. The van der Waals surface area contributed by atoms with Crippen LogP contribution in [0.3, 0.4) is 0 Å². The highest BCUT2D eigenvalue weighted by Gasteiger charge is 2.35. The Morgan fingerprint density at radius 1 is 1.10 bits per heavy atom. The van der Waals surface area contributed by atoms with Crippen LogP contribution in [0.25, 0.3) is 0 Å². The maximum absolute atomic E-state index is 13.3. The van der Waals surface area contributed by atoms with E-state index in [0.29, 0.717) is 4.31 Å². The number of nitrogens with zero attached hydrogens (tertiary/aromatic N) is 3. The first kappa shape index (κ1) is 22.5. The Labute approximate surface area is 171 Å². The predicted octanol–water partition coefficient (Wildman–Crippen LogP) is 2.27. The van der Waals surface area contributed by atoms with E-state index in [2.05, 4.69) is 0 Å². The summed E-state index contributed by atoms with van der Waals surface area (Å²) in [5, 5.41) is 22.5. The van der Waals surface area contributed by atoms with Crippen molar-refractivity contribution in [2.24, 2.45) is 0 Å². The molecule has 2 aromatic rings. The molecule has 0 aliphatic heterocycles. The molecule has 0 unspecified atom stereocenters. The van der Waals surface area contributed by atoms with Crippen LogP contribution in [-0.2, 0) is 19.6 Å². The van der Waals surface area contributed by atoms with Gasteiger partial charge in [0, 0.05) is 18.2 Å². The number of sulfonamides is 1. The van der Waals surface area contributed by atoms with Crippen LogP contribution in [0.2, 0.25) is 0 Å². The minimum atomic E-state index is -4.73. The number of benzene rings is 2. The summed E-state index contributed by atoms with van der Waals surface area (Å²) in [6.07, 6.45) is 0. The number of rotatable bonds is 9. The summed E-state index contributed by atoms with van der Waals surface area (Å²) in [4.78, 5) is 32.3. The second kappa shape index (κ2) is 9.17. The Bertz CT molecular complexity index is 1090. The number of para-hydroxylation sites is 1. The first-order valence-electron chi connectivity index (χ1n) is 8.37. The number of carbonyl (C=O) groups excluding carboxylic acids is 1. The van der Waals surface area contributed by atoms with E-state index < -0.39 is 48.7 Å². The van der Waals surface area contributed by atoms with Gasteiger partial charge < -0.3 is 9.47 Å². The fourth-order valence-corrected chi connectivity index (χ4v) is 4.13. The van der Waals surface area contributed by atoms with Gasteiger partial charge in [-0.3, -0.25) is 29.3 Å². The SMILES string of the molecule is CCOC(=O)CN(c1cc([N+](=O)[O-])ccc1OC)S(=O)(=O)c1ccccc1[N+](=O)[O-]. The summed E-state index contributed by atoms with van der Waals surface area (Å²) >= 11 is 0. The molecule has 0 fully saturated rings. The highest BCUT2D eigenvalue weighted by molar-refractivity contribution is 7.93. The zero-order chi connectivity index (χ0) is 22.5. The van der Waals surface area contributed by atoms with Crippen molar-refractivity contribution >= 4 is 33.1 Å². The van der Waals surface area contributed by atoms with Crippen LogP contribution in [-0.4, -0.2) is 44.5 Å². The van der Waals surface area contributed by atoms with Crippen LogP contribution in [0.15, 0.2) is 47.4 Å². The highest BCUT2D eigenvalue weighted by atomic mass is 32.2. The first-order chi connectivity index (χ1) is 14.1. The molecule has 13 heteroatoms. The standard InChI is InChI=1S/C17H17N3O9S/c1-3-29-17(21)11-18(14-10-12(19(22)23)8-9-15(14)28-2)30(26,27)16-7-5-4-6-13(16)20(24)25/h4-10H,3,11H2,1-2H3. The minimum absolute atomic E-state index is 0.0513. The van der Waals surface area contributed by atoms with Crippen molar-refractivity contribution in [2.75, 3.05) is 24.6 Å². The van der Waals surface area contributed by atoms with Gasteiger partial charge in [-0.25, -0.2) is 8.42 Å². The van der Waals surface area contributed by atoms with Crippen LogP contribution >= 0.6 is 0 Å². The third-order valence-corrected chi connectivity index (χ3v) is 5.66. The minimum Gasteiger partial charge on any atom is -0.495 e. The van der Waals surface area contributed by atoms with Crippen LogP contribution in [0.4, 0.5) is 17.1 Å². The van der Waals surface area contributed by atoms with Gasteiger partial charge in [0.2, 0.25) is 0 Å². The van der Waals surface area contributed by atoms with E-state index in [9.17, 15) is 33.4 Å². The Morgan fingerprint density at radius 3 is 2.33 bits per heavy atom. The monoisotopic (exact) mass is 439 g/mol. The molecule has 0 spiro atoms. The number of esters is 1. The zero-order valence-corrected chi connectivity index (χ0v) is 16.7. The molecular weight excluding hydrogens is 422 g/mol. The summed E-state index contributed by atoms with van der Waals surface area (Å²) in [5.41, 5.74) is -1.55. The third-order valence-electron chi connectivity index (χ3n) is 3.85. The molecule has 2 rings (SSSR count). The van der Waals surface area contributed by atoms with Crippen molar-refractivity contribution in [1.29, 1.82) is 0 Å². The molecule has 2 aromatic carbocycles. The molecule has 0 saturated heterocycles. The van der Waals surface area contributed by atoms with E-state index in [1.807, 2.05) is 0 Å². The average Bonchev–Trinajstić information content (AvgIpc) is 2.71. The van der Waals surface area contributed by atoms with Crippen molar-refractivity contribution in [3.63, 3.8) is 0 Å². The second-order valence-corrected chi connectivity index (χ2v) is 7.49. The molecule has 0 atom stereocenters. The van der Waals surface area contributed by atoms with E-state index >= 15 is 0 Å². The molecule has 0 bridgehead atoms. The van der Waals surface area contributed by atoms with Crippen molar-refractivity contribution in [2.45, 2.75) is 11.8 Å². The molecule has 0 aliphatic carbocycles. The number of non-ortho nitro benzene ring substituents is 1. The summed E-state index contributed by atoms with van der Waals surface area (Å²) in [6.45, 7) is 0.566. The van der Waals surface area contributed by atoms with Crippen LogP contribution < -0.4 is 9.04 Å². The van der Waals surface area contributed by atoms with Gasteiger partial charge in [-0.1, -0.05) is 12.1 Å². The molecule has 0 aromatic heterocycles. The number of nitro groups is 2. The Hall–Kier alpha value is -3.74. The van der Waals surface area contributed by atoms with Crippen LogP contribution in [0.1, 0.15) is 6.92 Å². The lowest BCUT2D eigenvalue weighted by molar-refractivity contribution is -0.387. The highest BCUT2D eigenvalue weighted by Crippen LogP contribution is 2.37. The maximum atomic E-state index is 13.3. The number of ether oxygens (including phenoxy) is 2. The molecule has 12 nitrogen and oxygen atoms in total. The number of anilines is 1. The number of methoxy groups -OCH3 is 1. The smallest absolute Gasteiger partial charge is 0.326 e. The molecular formula is C17H17N3O9S. The van der Waals surface area contributed by atoms with E-state index in [0.717, 1.165) is 30.3 Å². The lowest BCUT2D eigenvalue weighted by atomic mass is 10.2. The molecule has 0 heterocycles. The molecule has 0 aliphatic rings. The van der Waals surface area contributed by atoms with Gasteiger partial charge >= 0.3 is 5.97 Å². The van der Waals surface area contributed by atoms with Gasteiger partial charge in [0.05, 0.1) is 23.6 Å². The Balaban J connectivity index is 2.77. The van der Waals surface area contributed by atoms with E-state index in [1.165, 1.54) is 26.2 Å². The number of nitro benzene ring substituents is 2. The van der Waals surface area contributed by atoms with Crippen LogP contribution in [0, 0.1) is 20.2 Å². The van der Waals surface area contributed by atoms with E-state index in [4.69, 9.17) is 9.47 Å². The number of hydrogen-bond donors (Lipinski definition) is 0. The van der Waals surface area contributed by atoms with E-state index in [1.54, 1.807) is 0 Å². The first-order valence-corrected chi connectivity index (χ1v) is 9.81. The lowest BCUT2D eigenvalue weighted by Crippen LogP contribution is -2.37. The average molecular weight is 439 g/mol. The quantitative estimate of drug-likeness (QED) is 0.324. The molecule has 0 radical (unpaired) electrons. The molecule has 30 heavy (non-hydrogen) atoms. The fraction of sp³-hybridized carbons (Fsp3) is 0.235. The molecule has 0 saturated carbocycles. The van der Waals surface area contributed by atoms with Gasteiger partial charge in [0.1, 0.15) is 18.0 Å². The molecule has 0 N–H and O–H groups in total. The maximum Gasteiger partial charge on any atom is 0.326 e. The van der Waals surface area contributed by atoms with Crippen molar-refractivity contribution in [3.05, 3.63) is 62.7 Å². The third kappa shape index (κ3) is 4.63. The van der Waals surface area contributed by atoms with Gasteiger partial charge in [0.15, 0.2) is 4.90 Å². The van der Waals surface area contributed by atoms with Gasteiger partial charge in [-0.2, -0.15) is 0 Å². The van der Waals surface area contributed by atoms with Crippen molar-refractivity contribution in [1.82, 2.24) is 0 Å². The number of hydrogen-bond acceptors (Lipinski definition) is 9. The fourth-order valence-electron chi connectivity index (χ4n) is 2.56. The Morgan fingerprint density at radius 2 is 1.77 bits per heavy atom. The summed E-state index contributed by atoms with van der Waals surface area (Å²) in [7, 11) is -3.53.